The molecule has 0 unspecified atom stereocenters. The van der Waals surface area contributed by atoms with E-state index >= 15 is 0 Å². The van der Waals surface area contributed by atoms with E-state index in [1.54, 1.807) is 0 Å². The third-order valence-electron chi connectivity index (χ3n) is 3.55. The van der Waals surface area contributed by atoms with Gasteiger partial charge in [-0.3, -0.25) is 4.79 Å². The summed E-state index contributed by atoms with van der Waals surface area (Å²) >= 11 is 0. The van der Waals surface area contributed by atoms with E-state index in [1.165, 1.54) is 0 Å². The molecule has 0 atom stereocenters. The van der Waals surface area contributed by atoms with Crippen LogP contribution in [0.1, 0.15) is 59.2 Å². The van der Waals surface area contributed by atoms with Gasteiger partial charge in [-0.1, -0.05) is 6.42 Å². The number of aromatic nitrogens is 2. The number of carbonyl (C=O) groups is 1. The van der Waals surface area contributed by atoms with Crippen molar-refractivity contribution in [2.75, 3.05) is 0 Å². The summed E-state index contributed by atoms with van der Waals surface area (Å²) in [5, 5.41) is 0. The SMILES string of the molecule is Cc1n[c]cn1CCCCCC(=O)N(C(C)C)C(C)C. The van der Waals surface area contributed by atoms with Crippen LogP contribution in [-0.2, 0) is 11.3 Å². The molecule has 0 bridgehead atoms. The van der Waals surface area contributed by atoms with Crippen LogP contribution in [0.25, 0.3) is 0 Å². The van der Waals surface area contributed by atoms with E-state index in [9.17, 15) is 4.79 Å². The Balaban J connectivity index is 2.23. The highest BCUT2D eigenvalue weighted by Gasteiger charge is 2.18. The lowest BCUT2D eigenvalue weighted by molar-refractivity contribution is -0.134. The van der Waals surface area contributed by atoms with Crippen LogP contribution < -0.4 is 0 Å². The summed E-state index contributed by atoms with van der Waals surface area (Å²) < 4.78 is 2.11. The summed E-state index contributed by atoms with van der Waals surface area (Å²) in [4.78, 5) is 18.2. The zero-order chi connectivity index (χ0) is 15.1. The van der Waals surface area contributed by atoms with Crippen LogP contribution in [0.5, 0.6) is 0 Å². The van der Waals surface area contributed by atoms with Crippen molar-refractivity contribution in [3.05, 3.63) is 18.2 Å². The highest BCUT2D eigenvalue weighted by atomic mass is 16.2. The average molecular weight is 278 g/mol. The van der Waals surface area contributed by atoms with Gasteiger partial charge in [-0.25, -0.2) is 4.98 Å². The standard InChI is InChI=1S/C16H28N3O/c1-13(2)19(14(3)4)16(20)9-7-6-8-11-18-12-10-17-15(18)5/h12-14H,6-9,11H2,1-5H3. The molecule has 4 nitrogen and oxygen atoms in total. The number of hydrogen-bond donors (Lipinski definition) is 0. The maximum atomic E-state index is 12.2. The fourth-order valence-corrected chi connectivity index (χ4v) is 2.61. The lowest BCUT2D eigenvalue weighted by Gasteiger charge is -2.30. The Bertz CT molecular complexity index is 402. The second-order valence-electron chi connectivity index (χ2n) is 5.91. The third kappa shape index (κ3) is 4.99. The van der Waals surface area contributed by atoms with Gasteiger partial charge in [0.1, 0.15) is 12.0 Å². The van der Waals surface area contributed by atoms with Gasteiger partial charge in [-0.15, -0.1) is 0 Å². The topological polar surface area (TPSA) is 38.1 Å². The van der Waals surface area contributed by atoms with Crippen molar-refractivity contribution >= 4 is 5.91 Å². The highest BCUT2D eigenvalue weighted by molar-refractivity contribution is 5.76. The molecule has 1 aromatic rings. The van der Waals surface area contributed by atoms with Crippen molar-refractivity contribution in [3.8, 4) is 0 Å². The first-order valence-corrected chi connectivity index (χ1v) is 7.64. The zero-order valence-electron chi connectivity index (χ0n) is 13.5. The molecule has 20 heavy (non-hydrogen) atoms. The Labute approximate surface area is 123 Å². The average Bonchev–Trinajstić information content (AvgIpc) is 2.73. The van der Waals surface area contributed by atoms with Gasteiger partial charge >= 0.3 is 0 Å². The maximum Gasteiger partial charge on any atom is 0.223 e. The predicted molar refractivity (Wildman–Crippen MR) is 81.4 cm³/mol. The van der Waals surface area contributed by atoms with Crippen LogP contribution in [0.2, 0.25) is 0 Å². The largest absolute Gasteiger partial charge is 0.338 e. The van der Waals surface area contributed by atoms with E-state index in [-0.39, 0.29) is 18.0 Å². The molecule has 0 fully saturated rings. The summed E-state index contributed by atoms with van der Waals surface area (Å²) in [7, 11) is 0. The van der Waals surface area contributed by atoms with E-state index < -0.39 is 0 Å². The molecule has 0 aliphatic rings. The fourth-order valence-electron chi connectivity index (χ4n) is 2.61. The van der Waals surface area contributed by atoms with Crippen molar-refractivity contribution in [1.29, 1.82) is 0 Å². The summed E-state index contributed by atoms with van der Waals surface area (Å²) in [6, 6.07) is 0.568. The number of carbonyl (C=O) groups excluding carboxylic acids is 1. The molecule has 1 amide bonds. The molecule has 0 aromatic carbocycles. The van der Waals surface area contributed by atoms with Gasteiger partial charge in [0.15, 0.2) is 0 Å². The van der Waals surface area contributed by atoms with Crippen LogP contribution >= 0.6 is 0 Å². The van der Waals surface area contributed by atoms with Crippen LogP contribution in [-0.4, -0.2) is 32.4 Å². The smallest absolute Gasteiger partial charge is 0.223 e. The molecule has 0 aliphatic heterocycles. The molecule has 0 aliphatic carbocycles. The van der Waals surface area contributed by atoms with Gasteiger partial charge in [0, 0.05) is 31.2 Å². The van der Waals surface area contributed by atoms with E-state index in [0.29, 0.717) is 6.42 Å². The van der Waals surface area contributed by atoms with E-state index in [4.69, 9.17) is 0 Å². The van der Waals surface area contributed by atoms with Crippen molar-refractivity contribution in [2.24, 2.45) is 0 Å². The first-order valence-electron chi connectivity index (χ1n) is 7.64. The summed E-state index contributed by atoms with van der Waals surface area (Å²) in [6.45, 7) is 11.3. The van der Waals surface area contributed by atoms with E-state index in [0.717, 1.165) is 31.6 Å². The first-order chi connectivity index (χ1) is 9.43. The van der Waals surface area contributed by atoms with Crippen LogP contribution in [0.15, 0.2) is 6.20 Å². The Morgan fingerprint density at radius 3 is 2.40 bits per heavy atom. The van der Waals surface area contributed by atoms with Gasteiger partial charge in [0.05, 0.1) is 0 Å². The summed E-state index contributed by atoms with van der Waals surface area (Å²) in [5.74, 6) is 1.29. The molecule has 1 radical (unpaired) electrons. The van der Waals surface area contributed by atoms with Crippen LogP contribution in [0.4, 0.5) is 0 Å². The molecule has 1 heterocycles. The molecule has 4 heteroatoms. The summed E-state index contributed by atoms with van der Waals surface area (Å²) in [5.41, 5.74) is 0. The molecule has 1 aromatic heterocycles. The predicted octanol–water partition coefficient (Wildman–Crippen LogP) is 3.20. The molecular formula is C16H28N3O. The minimum Gasteiger partial charge on any atom is -0.338 e. The van der Waals surface area contributed by atoms with Crippen molar-refractivity contribution in [1.82, 2.24) is 14.5 Å². The number of rotatable bonds is 8. The Morgan fingerprint density at radius 1 is 1.25 bits per heavy atom. The molecule has 113 valence electrons. The molecule has 0 N–H and O–H groups in total. The zero-order valence-corrected chi connectivity index (χ0v) is 13.5. The molecule has 0 saturated carbocycles. The van der Waals surface area contributed by atoms with Crippen LogP contribution in [0.3, 0.4) is 0 Å². The van der Waals surface area contributed by atoms with Gasteiger partial charge in [0.2, 0.25) is 5.91 Å². The third-order valence-corrected chi connectivity index (χ3v) is 3.55. The highest BCUT2D eigenvalue weighted by Crippen LogP contribution is 2.11. The Morgan fingerprint density at radius 2 is 1.90 bits per heavy atom. The second-order valence-corrected chi connectivity index (χ2v) is 5.91. The fraction of sp³-hybridized carbons (Fsp3) is 0.750. The van der Waals surface area contributed by atoms with Gasteiger partial charge < -0.3 is 9.47 Å². The van der Waals surface area contributed by atoms with E-state index in [2.05, 4.69) is 43.4 Å². The lowest BCUT2D eigenvalue weighted by atomic mass is 10.1. The summed E-state index contributed by atoms with van der Waals surface area (Å²) in [6.07, 6.45) is 8.52. The van der Waals surface area contributed by atoms with Gasteiger partial charge in [-0.2, -0.15) is 0 Å². The minimum absolute atomic E-state index is 0.280. The quantitative estimate of drug-likeness (QED) is 0.685. The number of nitrogens with zero attached hydrogens (tertiary/aromatic N) is 3. The number of aryl methyl sites for hydroxylation is 2. The van der Waals surface area contributed by atoms with E-state index in [1.807, 2.05) is 18.0 Å². The lowest BCUT2D eigenvalue weighted by Crippen LogP contribution is -2.41. The number of amides is 1. The van der Waals surface area contributed by atoms with Crippen molar-refractivity contribution in [2.45, 2.75) is 78.9 Å². The molecular weight excluding hydrogens is 250 g/mol. The van der Waals surface area contributed by atoms with Crippen molar-refractivity contribution < 1.29 is 4.79 Å². The Hall–Kier alpha value is -1.32. The molecule has 1 rings (SSSR count). The maximum absolute atomic E-state index is 12.2. The first kappa shape index (κ1) is 16.7. The molecule has 0 saturated heterocycles. The van der Waals surface area contributed by atoms with Crippen LogP contribution in [0, 0.1) is 13.1 Å². The number of unbranched alkanes of at least 4 members (excludes halogenated alkanes) is 2. The minimum atomic E-state index is 0.280. The van der Waals surface area contributed by atoms with Crippen molar-refractivity contribution in [3.63, 3.8) is 0 Å². The normalized spacial score (nSPS) is 11.3. The van der Waals surface area contributed by atoms with Gasteiger partial charge in [0.25, 0.3) is 0 Å². The molecule has 0 spiro atoms. The Kier molecular flexibility index (Phi) is 6.76. The second kappa shape index (κ2) is 8.08. The number of hydrogen-bond acceptors (Lipinski definition) is 2. The number of imidazole rings is 1. The van der Waals surface area contributed by atoms with Gasteiger partial charge in [-0.05, 0) is 47.5 Å². The monoisotopic (exact) mass is 278 g/mol.